The Balaban J connectivity index is 1.40. The number of carbonyl (C=O) groups is 1. The Morgan fingerprint density at radius 3 is 2.84 bits per heavy atom. The minimum Gasteiger partial charge on any atom is -0.455 e. The number of anilines is 1. The molecule has 1 atom stereocenters. The molecule has 0 fully saturated rings. The summed E-state index contributed by atoms with van der Waals surface area (Å²) in [5.41, 5.74) is 3.14. The Kier molecular flexibility index (Phi) is 5.28. The van der Waals surface area contributed by atoms with Crippen LogP contribution >= 0.6 is 22.9 Å². The largest absolute Gasteiger partial charge is 0.455 e. The molecule has 2 aromatic heterocycles. The zero-order valence-electron chi connectivity index (χ0n) is 16.2. The number of rotatable bonds is 4. The topological polar surface area (TPSA) is 76.1 Å². The summed E-state index contributed by atoms with van der Waals surface area (Å²) in [6, 6.07) is 16.5. The molecule has 0 saturated carbocycles. The summed E-state index contributed by atoms with van der Waals surface area (Å²) in [6.45, 7) is 0.338. The van der Waals surface area contributed by atoms with Gasteiger partial charge in [0.2, 0.25) is 0 Å². The van der Waals surface area contributed by atoms with Gasteiger partial charge in [-0.25, -0.2) is 4.98 Å². The van der Waals surface area contributed by atoms with Crippen molar-refractivity contribution in [3.63, 3.8) is 0 Å². The fourth-order valence-electron chi connectivity index (χ4n) is 3.38. The highest BCUT2D eigenvalue weighted by atomic mass is 35.5. The molecule has 2 N–H and O–H groups in total. The van der Waals surface area contributed by atoms with Crippen LogP contribution in [0.4, 0.5) is 5.69 Å². The number of benzene rings is 2. The molecule has 5 rings (SSSR count). The van der Waals surface area contributed by atoms with E-state index in [4.69, 9.17) is 21.3 Å². The first kappa shape index (κ1) is 19.5. The third-order valence-electron chi connectivity index (χ3n) is 4.88. The van der Waals surface area contributed by atoms with Crippen molar-refractivity contribution in [1.29, 1.82) is 0 Å². The number of thiazole rings is 1. The molecule has 3 heterocycles. The lowest BCUT2D eigenvalue weighted by molar-refractivity contribution is 0.0950. The van der Waals surface area contributed by atoms with Crippen LogP contribution in [0.25, 0.3) is 0 Å². The van der Waals surface area contributed by atoms with Gasteiger partial charge in [0.1, 0.15) is 16.8 Å². The first-order valence-corrected chi connectivity index (χ1v) is 10.9. The molecule has 0 spiro atoms. The smallest absolute Gasteiger partial charge is 0.251 e. The lowest BCUT2D eigenvalue weighted by Gasteiger charge is -2.16. The molecule has 1 aliphatic rings. The fraction of sp³-hybridized carbons (Fsp3) is 0.0870. The summed E-state index contributed by atoms with van der Waals surface area (Å²) in [6.07, 6.45) is 3.19. The summed E-state index contributed by atoms with van der Waals surface area (Å²) in [7, 11) is 0. The number of nitrogens with zero attached hydrogens (tertiary/aromatic N) is 2. The predicted molar refractivity (Wildman–Crippen MR) is 121 cm³/mol. The molecule has 31 heavy (non-hydrogen) atoms. The molecule has 1 unspecified atom stereocenters. The maximum atomic E-state index is 12.3. The minimum atomic E-state index is -0.203. The number of ether oxygens (including phenoxy) is 1. The van der Waals surface area contributed by atoms with Crippen LogP contribution in [0.2, 0.25) is 5.02 Å². The summed E-state index contributed by atoms with van der Waals surface area (Å²) in [5, 5.41) is 9.87. The standard InChI is InChI=1S/C23H17ClN4O2S/c24-15-5-6-20-18(11-15)28-21(17-3-1-2-4-19(17)30-20)23-27-16(13-31-23)12-26-22(29)14-7-9-25-10-8-14/h1-11,13,21,28H,12H2,(H,26,29). The van der Waals surface area contributed by atoms with E-state index in [-0.39, 0.29) is 11.9 Å². The van der Waals surface area contributed by atoms with Crippen molar-refractivity contribution in [1.82, 2.24) is 15.3 Å². The summed E-state index contributed by atoms with van der Waals surface area (Å²) in [4.78, 5) is 21.0. The normalized spacial score (nSPS) is 14.4. The number of nitrogens with one attached hydrogen (secondary N) is 2. The maximum Gasteiger partial charge on any atom is 0.251 e. The Bertz CT molecular complexity index is 1250. The van der Waals surface area contributed by atoms with E-state index in [1.165, 1.54) is 11.3 Å². The van der Waals surface area contributed by atoms with Gasteiger partial charge in [0.25, 0.3) is 5.91 Å². The van der Waals surface area contributed by atoms with Gasteiger partial charge in [-0.3, -0.25) is 9.78 Å². The quantitative estimate of drug-likeness (QED) is 0.435. The van der Waals surface area contributed by atoms with Crippen molar-refractivity contribution in [2.75, 3.05) is 5.32 Å². The molecule has 6 nitrogen and oxygen atoms in total. The molecule has 8 heteroatoms. The number of amides is 1. The van der Waals surface area contributed by atoms with Gasteiger partial charge in [0, 0.05) is 33.9 Å². The van der Waals surface area contributed by atoms with Crippen LogP contribution in [0.5, 0.6) is 11.5 Å². The van der Waals surface area contributed by atoms with Crippen molar-refractivity contribution in [2.24, 2.45) is 0 Å². The third-order valence-corrected chi connectivity index (χ3v) is 6.07. The van der Waals surface area contributed by atoms with E-state index in [1.807, 2.05) is 41.8 Å². The molecule has 0 radical (unpaired) electrons. The average Bonchev–Trinajstić information content (AvgIpc) is 3.20. The van der Waals surface area contributed by atoms with Crippen molar-refractivity contribution >= 4 is 34.5 Å². The van der Waals surface area contributed by atoms with Crippen molar-refractivity contribution in [3.8, 4) is 11.5 Å². The average molecular weight is 449 g/mol. The van der Waals surface area contributed by atoms with Crippen LogP contribution in [0.3, 0.4) is 0 Å². The van der Waals surface area contributed by atoms with Gasteiger partial charge in [-0.15, -0.1) is 11.3 Å². The first-order valence-electron chi connectivity index (χ1n) is 9.63. The summed E-state index contributed by atoms with van der Waals surface area (Å²) < 4.78 is 6.14. The molecule has 1 aliphatic heterocycles. The van der Waals surface area contributed by atoms with Gasteiger partial charge in [-0.1, -0.05) is 29.8 Å². The number of aromatic nitrogens is 2. The molecule has 2 aromatic carbocycles. The van der Waals surface area contributed by atoms with Crippen LogP contribution in [-0.4, -0.2) is 15.9 Å². The number of carbonyl (C=O) groups excluding carboxylic acids is 1. The molecule has 4 aromatic rings. The molecule has 0 saturated heterocycles. The Hall–Kier alpha value is -3.42. The van der Waals surface area contributed by atoms with Gasteiger partial charge in [-0.2, -0.15) is 0 Å². The predicted octanol–water partition coefficient (Wildman–Crippen LogP) is 5.43. The van der Waals surface area contributed by atoms with E-state index < -0.39 is 0 Å². The van der Waals surface area contributed by atoms with Gasteiger partial charge >= 0.3 is 0 Å². The molecule has 0 bridgehead atoms. The number of pyridine rings is 1. The van der Waals surface area contributed by atoms with Crippen LogP contribution in [0, 0.1) is 0 Å². The number of hydrogen-bond donors (Lipinski definition) is 2. The SMILES string of the molecule is O=C(NCc1csc(C2Nc3cc(Cl)ccc3Oc3ccccc32)n1)c1ccncc1. The second kappa shape index (κ2) is 8.37. The van der Waals surface area contributed by atoms with E-state index in [2.05, 4.69) is 15.6 Å². The van der Waals surface area contributed by atoms with Crippen molar-refractivity contribution < 1.29 is 9.53 Å². The lowest BCUT2D eigenvalue weighted by atomic mass is 10.1. The van der Waals surface area contributed by atoms with E-state index in [0.29, 0.717) is 22.9 Å². The summed E-state index contributed by atoms with van der Waals surface area (Å²) >= 11 is 7.74. The Morgan fingerprint density at radius 2 is 1.97 bits per heavy atom. The van der Waals surface area contributed by atoms with Crippen LogP contribution in [0.1, 0.15) is 32.7 Å². The minimum absolute atomic E-state index is 0.160. The van der Waals surface area contributed by atoms with Crippen LogP contribution in [-0.2, 0) is 6.54 Å². The Morgan fingerprint density at radius 1 is 1.13 bits per heavy atom. The molecule has 154 valence electrons. The monoisotopic (exact) mass is 448 g/mol. The van der Waals surface area contributed by atoms with Gasteiger partial charge < -0.3 is 15.4 Å². The molecule has 1 amide bonds. The highest BCUT2D eigenvalue weighted by molar-refractivity contribution is 7.09. The van der Waals surface area contributed by atoms with Crippen LogP contribution in [0.15, 0.2) is 72.4 Å². The first-order chi connectivity index (χ1) is 15.2. The number of hydrogen-bond acceptors (Lipinski definition) is 6. The second-order valence-corrected chi connectivity index (χ2v) is 8.28. The number of para-hydroxylation sites is 1. The van der Waals surface area contributed by atoms with E-state index >= 15 is 0 Å². The number of halogens is 1. The molecular weight excluding hydrogens is 432 g/mol. The zero-order valence-corrected chi connectivity index (χ0v) is 17.8. The third kappa shape index (κ3) is 4.10. The second-order valence-electron chi connectivity index (χ2n) is 6.95. The van der Waals surface area contributed by atoms with Gasteiger partial charge in [-0.05, 0) is 36.4 Å². The lowest BCUT2D eigenvalue weighted by Crippen LogP contribution is -2.23. The number of fused-ring (bicyclic) bond motifs is 2. The molecule has 0 aliphatic carbocycles. The van der Waals surface area contributed by atoms with Crippen molar-refractivity contribution in [2.45, 2.75) is 12.6 Å². The highest BCUT2D eigenvalue weighted by Gasteiger charge is 2.26. The maximum absolute atomic E-state index is 12.3. The van der Waals surface area contributed by atoms with E-state index in [1.54, 1.807) is 30.6 Å². The van der Waals surface area contributed by atoms with E-state index in [9.17, 15) is 4.79 Å². The Labute approximate surface area is 187 Å². The summed E-state index contributed by atoms with van der Waals surface area (Å²) in [5.74, 6) is 1.32. The zero-order chi connectivity index (χ0) is 21.2. The molecular formula is C23H17ClN4O2S. The van der Waals surface area contributed by atoms with Gasteiger partial charge in [0.15, 0.2) is 5.75 Å². The van der Waals surface area contributed by atoms with Crippen LogP contribution < -0.4 is 15.4 Å². The van der Waals surface area contributed by atoms with E-state index in [0.717, 1.165) is 27.7 Å². The highest BCUT2D eigenvalue weighted by Crippen LogP contribution is 2.43. The van der Waals surface area contributed by atoms with Gasteiger partial charge in [0.05, 0.1) is 17.9 Å². The van der Waals surface area contributed by atoms with Crippen molar-refractivity contribution in [3.05, 3.63) is 99.2 Å². The fourth-order valence-corrected chi connectivity index (χ4v) is 4.43.